The third kappa shape index (κ3) is 2.59. The highest BCUT2D eigenvalue weighted by atomic mass is 16.5. The van der Waals surface area contributed by atoms with Crippen molar-refractivity contribution < 1.29 is 9.53 Å². The van der Waals surface area contributed by atoms with Gasteiger partial charge >= 0.3 is 0 Å². The number of hydrogen-bond donors (Lipinski definition) is 3. The predicted molar refractivity (Wildman–Crippen MR) is 76.1 cm³/mol. The van der Waals surface area contributed by atoms with Crippen molar-refractivity contribution in [1.29, 1.82) is 5.41 Å². The number of carbonyl (C=O) groups is 1. The topological polar surface area (TPSA) is 115 Å². The summed E-state index contributed by atoms with van der Waals surface area (Å²) in [4.78, 5) is 16.3. The molecule has 0 atom stereocenters. The number of methoxy groups -OCH3 is 1. The zero-order valence-corrected chi connectivity index (χ0v) is 10.9. The van der Waals surface area contributed by atoms with E-state index in [4.69, 9.17) is 21.6 Å². The van der Waals surface area contributed by atoms with E-state index < -0.39 is 0 Å². The number of ketones is 1. The number of amidine groups is 1. The third-order valence-corrected chi connectivity index (χ3v) is 2.80. The Morgan fingerprint density at radius 1 is 1.25 bits per heavy atom. The van der Waals surface area contributed by atoms with Crippen molar-refractivity contribution >= 4 is 17.3 Å². The first-order valence-electron chi connectivity index (χ1n) is 5.81. The lowest BCUT2D eigenvalue weighted by Crippen LogP contribution is -2.14. The molecule has 2 rings (SSSR count). The molecule has 0 aliphatic heterocycles. The van der Waals surface area contributed by atoms with Crippen molar-refractivity contribution in [2.45, 2.75) is 0 Å². The average Bonchev–Trinajstić information content (AvgIpc) is 2.46. The van der Waals surface area contributed by atoms with E-state index in [1.165, 1.54) is 12.3 Å². The minimum atomic E-state index is -0.291. The summed E-state index contributed by atoms with van der Waals surface area (Å²) in [5.74, 6) is 0.224. The van der Waals surface area contributed by atoms with Crippen molar-refractivity contribution in [3.05, 3.63) is 53.3 Å². The van der Waals surface area contributed by atoms with E-state index in [1.54, 1.807) is 31.4 Å². The van der Waals surface area contributed by atoms with Crippen LogP contribution in [0.3, 0.4) is 0 Å². The molecule has 0 saturated carbocycles. The summed E-state index contributed by atoms with van der Waals surface area (Å²) in [7, 11) is 1.55. The normalized spacial score (nSPS) is 10.1. The van der Waals surface area contributed by atoms with E-state index in [2.05, 4.69) is 4.98 Å². The highest BCUT2D eigenvalue weighted by Crippen LogP contribution is 2.18. The largest absolute Gasteiger partial charge is 0.497 e. The number of rotatable bonds is 4. The minimum absolute atomic E-state index is 0.139. The van der Waals surface area contributed by atoms with Crippen molar-refractivity contribution in [2.24, 2.45) is 5.73 Å². The number of hydrogen-bond acceptors (Lipinski definition) is 5. The second-order valence-electron chi connectivity index (χ2n) is 4.13. The number of nitrogens with two attached hydrogens (primary N) is 2. The Kier molecular flexibility index (Phi) is 3.65. The van der Waals surface area contributed by atoms with Crippen LogP contribution in [-0.2, 0) is 0 Å². The standard InChI is InChI=1S/C14H14N4O2/c1-20-10-4-2-8(3-5-10)13(19)12-11(15)6-9(7-18-12)14(16)17/h2-7H,15H2,1H3,(H3,16,17). The Bertz CT molecular complexity index is 665. The molecule has 0 fully saturated rings. The maximum atomic E-state index is 12.3. The van der Waals surface area contributed by atoms with Gasteiger partial charge < -0.3 is 16.2 Å². The second kappa shape index (κ2) is 5.40. The molecule has 0 spiro atoms. The van der Waals surface area contributed by atoms with Crippen LogP contribution in [0.1, 0.15) is 21.6 Å². The molecule has 0 aliphatic rings. The van der Waals surface area contributed by atoms with Crippen molar-refractivity contribution in [1.82, 2.24) is 4.98 Å². The van der Waals surface area contributed by atoms with Gasteiger partial charge in [0.15, 0.2) is 0 Å². The maximum Gasteiger partial charge on any atom is 0.213 e. The van der Waals surface area contributed by atoms with Gasteiger partial charge in [-0.05, 0) is 30.3 Å². The number of aromatic nitrogens is 1. The molecule has 1 aromatic heterocycles. The van der Waals surface area contributed by atoms with E-state index >= 15 is 0 Å². The molecule has 102 valence electrons. The number of nitrogen functional groups attached to an aromatic ring is 2. The molecule has 0 unspecified atom stereocenters. The zero-order valence-electron chi connectivity index (χ0n) is 10.9. The van der Waals surface area contributed by atoms with Gasteiger partial charge in [0, 0.05) is 17.3 Å². The number of pyridine rings is 1. The smallest absolute Gasteiger partial charge is 0.213 e. The second-order valence-corrected chi connectivity index (χ2v) is 4.13. The Hall–Kier alpha value is -2.89. The number of nitrogens with zero attached hydrogens (tertiary/aromatic N) is 1. The van der Waals surface area contributed by atoms with Crippen molar-refractivity contribution in [2.75, 3.05) is 12.8 Å². The summed E-state index contributed by atoms with van der Waals surface area (Å²) < 4.78 is 5.03. The Balaban J connectivity index is 2.35. The lowest BCUT2D eigenvalue weighted by Gasteiger charge is -2.06. The predicted octanol–water partition coefficient (Wildman–Crippen LogP) is 1.19. The number of benzene rings is 1. The van der Waals surface area contributed by atoms with E-state index in [9.17, 15) is 4.79 Å². The van der Waals surface area contributed by atoms with E-state index in [-0.39, 0.29) is 23.0 Å². The first-order chi connectivity index (χ1) is 9.52. The van der Waals surface area contributed by atoms with Gasteiger partial charge in [-0.2, -0.15) is 0 Å². The van der Waals surface area contributed by atoms with E-state index in [0.29, 0.717) is 16.9 Å². The molecule has 0 saturated heterocycles. The fraction of sp³-hybridized carbons (Fsp3) is 0.0714. The number of ether oxygens (including phenoxy) is 1. The summed E-state index contributed by atoms with van der Waals surface area (Å²) >= 11 is 0. The fourth-order valence-corrected chi connectivity index (χ4v) is 1.70. The van der Waals surface area contributed by atoms with Crippen LogP contribution in [0.15, 0.2) is 36.5 Å². The lowest BCUT2D eigenvalue weighted by molar-refractivity contribution is 0.103. The Labute approximate surface area is 115 Å². The lowest BCUT2D eigenvalue weighted by atomic mass is 10.1. The van der Waals surface area contributed by atoms with Crippen molar-refractivity contribution in [3.63, 3.8) is 0 Å². The summed E-state index contributed by atoms with van der Waals surface area (Å²) in [5.41, 5.74) is 12.3. The van der Waals surface area contributed by atoms with Gasteiger partial charge in [-0.25, -0.2) is 4.98 Å². The Morgan fingerprint density at radius 2 is 1.90 bits per heavy atom. The summed E-state index contributed by atoms with van der Waals surface area (Å²) in [5, 5.41) is 7.30. The number of carbonyl (C=O) groups excluding carboxylic acids is 1. The van der Waals surface area contributed by atoms with Crippen LogP contribution in [0.5, 0.6) is 5.75 Å². The molecule has 0 amide bonds. The van der Waals surface area contributed by atoms with E-state index in [1.807, 2.05) is 0 Å². The first-order valence-corrected chi connectivity index (χ1v) is 5.81. The van der Waals surface area contributed by atoms with Crippen LogP contribution in [0.4, 0.5) is 5.69 Å². The van der Waals surface area contributed by atoms with Gasteiger partial charge in [-0.3, -0.25) is 10.2 Å². The highest BCUT2D eigenvalue weighted by Gasteiger charge is 2.15. The molecule has 0 radical (unpaired) electrons. The van der Waals surface area contributed by atoms with Crippen LogP contribution in [0, 0.1) is 5.41 Å². The number of nitrogens with one attached hydrogen (secondary N) is 1. The molecule has 0 bridgehead atoms. The van der Waals surface area contributed by atoms with Crippen LogP contribution in [-0.4, -0.2) is 23.7 Å². The monoisotopic (exact) mass is 270 g/mol. The summed E-state index contributed by atoms with van der Waals surface area (Å²) in [6.07, 6.45) is 1.36. The SMILES string of the molecule is COc1ccc(C(=O)c2ncc(C(=N)N)cc2N)cc1. The molecular weight excluding hydrogens is 256 g/mol. The third-order valence-electron chi connectivity index (χ3n) is 2.80. The van der Waals surface area contributed by atoms with Gasteiger partial charge in [-0.1, -0.05) is 0 Å². The van der Waals surface area contributed by atoms with Crippen LogP contribution in [0.2, 0.25) is 0 Å². The van der Waals surface area contributed by atoms with Gasteiger partial charge in [0.05, 0.1) is 12.8 Å². The van der Waals surface area contributed by atoms with Crippen LogP contribution >= 0.6 is 0 Å². The fourth-order valence-electron chi connectivity index (χ4n) is 1.70. The minimum Gasteiger partial charge on any atom is -0.497 e. The molecule has 1 aromatic carbocycles. The maximum absolute atomic E-state index is 12.3. The van der Waals surface area contributed by atoms with Crippen LogP contribution in [0.25, 0.3) is 0 Å². The molecule has 1 heterocycles. The molecule has 20 heavy (non-hydrogen) atoms. The summed E-state index contributed by atoms with van der Waals surface area (Å²) in [6, 6.07) is 8.12. The highest BCUT2D eigenvalue weighted by molar-refractivity contribution is 6.11. The molecule has 2 aromatic rings. The quantitative estimate of drug-likeness (QED) is 0.438. The molecule has 5 N–H and O–H groups in total. The number of anilines is 1. The average molecular weight is 270 g/mol. The summed E-state index contributed by atoms with van der Waals surface area (Å²) in [6.45, 7) is 0. The van der Waals surface area contributed by atoms with Gasteiger partial charge in [0.1, 0.15) is 17.3 Å². The molecule has 6 nitrogen and oxygen atoms in total. The first kappa shape index (κ1) is 13.5. The Morgan fingerprint density at radius 3 is 2.40 bits per heavy atom. The molecule has 6 heteroatoms. The van der Waals surface area contributed by atoms with Crippen LogP contribution < -0.4 is 16.2 Å². The molecular formula is C14H14N4O2. The van der Waals surface area contributed by atoms with E-state index in [0.717, 1.165) is 0 Å². The van der Waals surface area contributed by atoms with Gasteiger partial charge in [0.2, 0.25) is 5.78 Å². The van der Waals surface area contributed by atoms with Gasteiger partial charge in [-0.15, -0.1) is 0 Å². The van der Waals surface area contributed by atoms with Gasteiger partial charge in [0.25, 0.3) is 0 Å². The molecule has 0 aliphatic carbocycles. The zero-order chi connectivity index (χ0) is 14.7. The van der Waals surface area contributed by atoms with Crippen molar-refractivity contribution in [3.8, 4) is 5.75 Å².